The normalized spacial score (nSPS) is 12.9. The molecule has 0 spiro atoms. The van der Waals surface area contributed by atoms with Gasteiger partial charge >= 0.3 is 5.97 Å². The van der Waals surface area contributed by atoms with Gasteiger partial charge in [-0.1, -0.05) is 0 Å². The van der Waals surface area contributed by atoms with Crippen LogP contribution in [0, 0.1) is 0 Å². The summed E-state index contributed by atoms with van der Waals surface area (Å²) in [7, 11) is 1.30. The van der Waals surface area contributed by atoms with Crippen LogP contribution in [0.2, 0.25) is 0 Å². The van der Waals surface area contributed by atoms with Crippen molar-refractivity contribution in [3.8, 4) is 0 Å². The predicted molar refractivity (Wildman–Crippen MR) is 54.2 cm³/mol. The lowest BCUT2D eigenvalue weighted by molar-refractivity contribution is -0.142. The fourth-order valence-electron chi connectivity index (χ4n) is 1.17. The fourth-order valence-corrected chi connectivity index (χ4v) is 1.17. The predicted octanol–water partition coefficient (Wildman–Crippen LogP) is 1.06. The number of aliphatic hydroxyl groups excluding tert-OH is 1. The van der Waals surface area contributed by atoms with E-state index in [1.807, 2.05) is 13.8 Å². The molecule has 0 amide bonds. The van der Waals surface area contributed by atoms with Gasteiger partial charge in [0.05, 0.1) is 25.8 Å². The Hall–Kier alpha value is -1.36. The maximum Gasteiger partial charge on any atom is 0.308 e. The first-order valence-electron chi connectivity index (χ1n) is 4.83. The standard InChI is InChI=1S/C10H16N2O3/c1-7(2)12-6-8(5-11-12)9(13)4-10(14)15-3/h5-7,9,13H,4H2,1-3H3/t9-/m0/s1. The minimum Gasteiger partial charge on any atom is -0.469 e. The van der Waals surface area contributed by atoms with E-state index in [1.54, 1.807) is 17.1 Å². The van der Waals surface area contributed by atoms with E-state index in [1.165, 1.54) is 7.11 Å². The molecular formula is C10H16N2O3. The lowest BCUT2D eigenvalue weighted by Crippen LogP contribution is -2.07. The first-order chi connectivity index (χ1) is 7.04. The number of aromatic nitrogens is 2. The Morgan fingerprint density at radius 1 is 1.67 bits per heavy atom. The van der Waals surface area contributed by atoms with Gasteiger partial charge in [-0.25, -0.2) is 0 Å². The van der Waals surface area contributed by atoms with Gasteiger partial charge < -0.3 is 9.84 Å². The second-order valence-corrected chi connectivity index (χ2v) is 3.64. The van der Waals surface area contributed by atoms with E-state index in [2.05, 4.69) is 9.84 Å². The van der Waals surface area contributed by atoms with E-state index in [0.29, 0.717) is 5.56 Å². The summed E-state index contributed by atoms with van der Waals surface area (Å²) in [5.74, 6) is -0.431. The topological polar surface area (TPSA) is 64.3 Å². The van der Waals surface area contributed by atoms with Crippen molar-refractivity contribution in [2.75, 3.05) is 7.11 Å². The molecule has 0 radical (unpaired) electrons. The number of hydrogen-bond acceptors (Lipinski definition) is 4. The van der Waals surface area contributed by atoms with Crippen LogP contribution >= 0.6 is 0 Å². The van der Waals surface area contributed by atoms with Crippen LogP contribution in [-0.2, 0) is 9.53 Å². The van der Waals surface area contributed by atoms with E-state index >= 15 is 0 Å². The molecule has 1 N–H and O–H groups in total. The van der Waals surface area contributed by atoms with Gasteiger partial charge in [-0.3, -0.25) is 9.48 Å². The van der Waals surface area contributed by atoms with Crippen LogP contribution in [0.15, 0.2) is 12.4 Å². The smallest absolute Gasteiger partial charge is 0.308 e. The number of rotatable bonds is 4. The molecule has 0 saturated carbocycles. The van der Waals surface area contributed by atoms with E-state index in [9.17, 15) is 9.90 Å². The molecule has 1 aromatic rings. The number of carbonyl (C=O) groups is 1. The Bertz CT molecular complexity index is 333. The highest BCUT2D eigenvalue weighted by molar-refractivity contribution is 5.69. The summed E-state index contributed by atoms with van der Waals surface area (Å²) in [6, 6.07) is 0.240. The van der Waals surface area contributed by atoms with Crippen LogP contribution in [0.5, 0.6) is 0 Å². The van der Waals surface area contributed by atoms with Gasteiger partial charge in [-0.2, -0.15) is 5.10 Å². The number of methoxy groups -OCH3 is 1. The van der Waals surface area contributed by atoms with E-state index in [0.717, 1.165) is 0 Å². The van der Waals surface area contributed by atoms with Gasteiger partial charge in [0.25, 0.3) is 0 Å². The number of nitrogens with zero attached hydrogens (tertiary/aromatic N) is 2. The minimum atomic E-state index is -0.843. The second-order valence-electron chi connectivity index (χ2n) is 3.64. The molecule has 0 aromatic carbocycles. The third kappa shape index (κ3) is 3.06. The van der Waals surface area contributed by atoms with Crippen LogP contribution < -0.4 is 0 Å². The first-order valence-corrected chi connectivity index (χ1v) is 4.83. The molecule has 0 aliphatic heterocycles. The van der Waals surface area contributed by atoms with Gasteiger partial charge in [0.1, 0.15) is 0 Å². The van der Waals surface area contributed by atoms with E-state index in [4.69, 9.17) is 0 Å². The Balaban J connectivity index is 2.65. The summed E-state index contributed by atoms with van der Waals surface area (Å²) < 4.78 is 6.20. The van der Waals surface area contributed by atoms with Crippen LogP contribution in [-0.4, -0.2) is 28.0 Å². The van der Waals surface area contributed by atoms with Crippen LogP contribution in [0.4, 0.5) is 0 Å². The molecule has 0 bridgehead atoms. The maximum atomic E-state index is 10.9. The molecule has 0 fully saturated rings. The van der Waals surface area contributed by atoms with Gasteiger partial charge in [-0.15, -0.1) is 0 Å². The minimum absolute atomic E-state index is 0.0414. The molecule has 1 heterocycles. The van der Waals surface area contributed by atoms with Crippen molar-refractivity contribution in [3.63, 3.8) is 0 Å². The zero-order valence-corrected chi connectivity index (χ0v) is 9.17. The monoisotopic (exact) mass is 212 g/mol. The van der Waals surface area contributed by atoms with Crippen LogP contribution in [0.25, 0.3) is 0 Å². The van der Waals surface area contributed by atoms with E-state index < -0.39 is 12.1 Å². The summed E-state index contributed by atoms with van der Waals surface area (Å²) in [6.07, 6.45) is 2.41. The summed E-state index contributed by atoms with van der Waals surface area (Å²) in [4.78, 5) is 10.9. The van der Waals surface area contributed by atoms with Gasteiger partial charge in [-0.05, 0) is 13.8 Å². The van der Waals surface area contributed by atoms with Crippen LogP contribution in [0.3, 0.4) is 0 Å². The SMILES string of the molecule is COC(=O)C[C@H](O)c1cnn(C(C)C)c1. The average Bonchev–Trinajstić information content (AvgIpc) is 2.66. The highest BCUT2D eigenvalue weighted by Gasteiger charge is 2.15. The van der Waals surface area contributed by atoms with Gasteiger partial charge in [0, 0.05) is 17.8 Å². The number of hydrogen-bond donors (Lipinski definition) is 1. The zero-order valence-electron chi connectivity index (χ0n) is 9.17. The molecular weight excluding hydrogens is 196 g/mol. The number of carbonyl (C=O) groups excluding carboxylic acids is 1. The van der Waals surface area contributed by atoms with Crippen molar-refractivity contribution < 1.29 is 14.6 Å². The summed E-state index contributed by atoms with van der Waals surface area (Å²) >= 11 is 0. The van der Waals surface area contributed by atoms with E-state index in [-0.39, 0.29) is 12.5 Å². The highest BCUT2D eigenvalue weighted by atomic mass is 16.5. The molecule has 1 rings (SSSR count). The van der Waals surface area contributed by atoms with Crippen molar-refractivity contribution in [1.29, 1.82) is 0 Å². The number of esters is 1. The van der Waals surface area contributed by atoms with Crippen molar-refractivity contribution in [2.24, 2.45) is 0 Å². The van der Waals surface area contributed by atoms with Crippen LogP contribution in [0.1, 0.15) is 38.0 Å². The zero-order chi connectivity index (χ0) is 11.4. The summed E-state index contributed by atoms with van der Waals surface area (Å²) in [5.41, 5.74) is 0.633. The summed E-state index contributed by atoms with van der Waals surface area (Å²) in [5, 5.41) is 13.7. The molecule has 0 saturated heterocycles. The molecule has 1 atom stereocenters. The van der Waals surface area contributed by atoms with Crippen molar-refractivity contribution in [3.05, 3.63) is 18.0 Å². The quantitative estimate of drug-likeness (QED) is 0.758. The lowest BCUT2D eigenvalue weighted by atomic mass is 10.1. The van der Waals surface area contributed by atoms with Crippen molar-refractivity contribution in [2.45, 2.75) is 32.4 Å². The first kappa shape index (κ1) is 11.7. The fraction of sp³-hybridized carbons (Fsp3) is 0.600. The van der Waals surface area contributed by atoms with Crippen molar-refractivity contribution >= 4 is 5.97 Å². The molecule has 0 aliphatic carbocycles. The second kappa shape index (κ2) is 4.93. The maximum absolute atomic E-state index is 10.9. The molecule has 1 aromatic heterocycles. The number of aliphatic hydroxyl groups is 1. The number of ether oxygens (including phenoxy) is 1. The van der Waals surface area contributed by atoms with Gasteiger partial charge in [0.2, 0.25) is 0 Å². The molecule has 0 aliphatic rings. The summed E-state index contributed by atoms with van der Waals surface area (Å²) in [6.45, 7) is 3.98. The molecule has 84 valence electrons. The lowest BCUT2D eigenvalue weighted by Gasteiger charge is -2.06. The van der Waals surface area contributed by atoms with Gasteiger partial charge in [0.15, 0.2) is 0 Å². The third-order valence-corrected chi connectivity index (χ3v) is 2.12. The largest absolute Gasteiger partial charge is 0.469 e. The Kier molecular flexibility index (Phi) is 3.85. The Morgan fingerprint density at radius 2 is 2.33 bits per heavy atom. The third-order valence-electron chi connectivity index (χ3n) is 2.12. The molecule has 15 heavy (non-hydrogen) atoms. The van der Waals surface area contributed by atoms with Crippen molar-refractivity contribution in [1.82, 2.24) is 9.78 Å². The Labute approximate surface area is 88.7 Å². The average molecular weight is 212 g/mol. The Morgan fingerprint density at radius 3 is 2.80 bits per heavy atom. The molecule has 0 unspecified atom stereocenters. The molecule has 5 nitrogen and oxygen atoms in total. The highest BCUT2D eigenvalue weighted by Crippen LogP contribution is 2.17. The molecule has 5 heteroatoms.